The van der Waals surface area contributed by atoms with Crippen LogP contribution in [0.5, 0.6) is 0 Å². The van der Waals surface area contributed by atoms with E-state index in [9.17, 15) is 9.18 Å². The fourth-order valence-electron chi connectivity index (χ4n) is 2.16. The van der Waals surface area contributed by atoms with Gasteiger partial charge in [0.1, 0.15) is 10.2 Å². The lowest BCUT2D eigenvalue weighted by atomic mass is 10.2. The first kappa shape index (κ1) is 20.4. The van der Waals surface area contributed by atoms with Gasteiger partial charge in [-0.15, -0.1) is 11.3 Å². The van der Waals surface area contributed by atoms with Gasteiger partial charge in [0.25, 0.3) is 0 Å². The molecule has 1 N–H and O–H groups in total. The molecule has 0 saturated heterocycles. The van der Waals surface area contributed by atoms with E-state index in [0.29, 0.717) is 27.2 Å². The van der Waals surface area contributed by atoms with E-state index in [1.165, 1.54) is 41.3 Å². The van der Waals surface area contributed by atoms with E-state index in [1.54, 1.807) is 12.1 Å². The van der Waals surface area contributed by atoms with Gasteiger partial charge in [0.2, 0.25) is 5.91 Å². The maximum Gasteiger partial charge on any atom is 0.230 e. The Morgan fingerprint density at radius 2 is 1.96 bits per heavy atom. The van der Waals surface area contributed by atoms with Crippen LogP contribution in [0.1, 0.15) is 11.3 Å². The number of aromatic nitrogens is 1. The van der Waals surface area contributed by atoms with Crippen molar-refractivity contribution < 1.29 is 9.18 Å². The molecule has 0 aliphatic heterocycles. The summed E-state index contributed by atoms with van der Waals surface area (Å²) in [5.74, 6) is -0.125. The van der Waals surface area contributed by atoms with Gasteiger partial charge in [-0.2, -0.15) is 0 Å². The molecule has 0 spiro atoms. The Bertz CT molecular complexity index is 981. The highest BCUT2D eigenvalue weighted by Gasteiger charge is 2.11. The number of hydrogen-bond donors (Lipinski definition) is 1. The van der Waals surface area contributed by atoms with E-state index < -0.39 is 5.82 Å². The molecule has 1 aromatic heterocycles. The Kier molecular flexibility index (Phi) is 7.00. The second-order valence-corrected chi connectivity index (χ2v) is 8.81. The van der Waals surface area contributed by atoms with Crippen molar-refractivity contribution in [1.29, 1.82) is 0 Å². The van der Waals surface area contributed by atoms with Gasteiger partial charge in [-0.3, -0.25) is 4.79 Å². The molecular weight excluding hydrogens is 450 g/mol. The fraction of sp³-hybridized carbons (Fsp3) is 0.111. The van der Waals surface area contributed by atoms with Crippen LogP contribution in [-0.2, 0) is 17.0 Å². The predicted octanol–water partition coefficient (Wildman–Crippen LogP) is 6.72. The van der Waals surface area contributed by atoms with Gasteiger partial charge in [0.05, 0.1) is 17.1 Å². The number of carbonyl (C=O) groups excluding carboxylic acids is 1. The number of thiazole rings is 1. The van der Waals surface area contributed by atoms with Crippen molar-refractivity contribution in [3.63, 3.8) is 0 Å². The summed E-state index contributed by atoms with van der Waals surface area (Å²) in [4.78, 5) is 16.6. The number of nitrogens with one attached hydrogen (secondary N) is 1. The zero-order valence-electron chi connectivity index (χ0n) is 13.6. The number of anilines is 1. The molecule has 3 rings (SSSR count). The highest BCUT2D eigenvalue weighted by atomic mass is 35.5. The maximum absolute atomic E-state index is 13.2. The molecule has 140 valence electrons. The summed E-state index contributed by atoms with van der Waals surface area (Å²) < 4.78 is 14.0. The largest absolute Gasteiger partial charge is 0.326 e. The average molecular weight is 462 g/mol. The molecule has 0 aliphatic carbocycles. The van der Waals surface area contributed by atoms with Gasteiger partial charge in [-0.05, 0) is 35.9 Å². The molecule has 2 aromatic carbocycles. The normalized spacial score (nSPS) is 10.8. The molecule has 3 aromatic rings. The summed E-state index contributed by atoms with van der Waals surface area (Å²) >= 11 is 20.8. The molecule has 27 heavy (non-hydrogen) atoms. The van der Waals surface area contributed by atoms with Crippen LogP contribution in [0.4, 0.5) is 10.1 Å². The van der Waals surface area contributed by atoms with Crippen LogP contribution >= 0.6 is 57.9 Å². The third kappa shape index (κ3) is 5.83. The second kappa shape index (κ2) is 9.26. The van der Waals surface area contributed by atoms with Gasteiger partial charge in [-0.1, -0.05) is 52.6 Å². The number of halogens is 4. The summed E-state index contributed by atoms with van der Waals surface area (Å²) in [5, 5.41) is 5.68. The lowest BCUT2D eigenvalue weighted by molar-refractivity contribution is -0.115. The van der Waals surface area contributed by atoms with E-state index in [-0.39, 0.29) is 17.4 Å². The SMILES string of the molecule is O=C(Cc1csc(SCc2ccc(Cl)cc2Cl)n1)Nc1ccc(F)c(Cl)c1. The van der Waals surface area contributed by atoms with E-state index in [2.05, 4.69) is 10.3 Å². The quantitative estimate of drug-likeness (QED) is 0.414. The van der Waals surface area contributed by atoms with Crippen LogP contribution in [0.2, 0.25) is 15.1 Å². The summed E-state index contributed by atoms with van der Waals surface area (Å²) in [5.41, 5.74) is 2.07. The third-order valence-electron chi connectivity index (χ3n) is 3.44. The van der Waals surface area contributed by atoms with Crippen molar-refractivity contribution in [1.82, 2.24) is 4.98 Å². The number of carbonyl (C=O) groups is 1. The average Bonchev–Trinajstić information content (AvgIpc) is 3.04. The van der Waals surface area contributed by atoms with Crippen molar-refractivity contribution in [2.24, 2.45) is 0 Å². The molecule has 1 heterocycles. The molecule has 0 atom stereocenters. The molecule has 0 unspecified atom stereocenters. The van der Waals surface area contributed by atoms with Gasteiger partial charge < -0.3 is 5.32 Å². The lowest BCUT2D eigenvalue weighted by Gasteiger charge is -2.05. The highest BCUT2D eigenvalue weighted by Crippen LogP contribution is 2.30. The highest BCUT2D eigenvalue weighted by molar-refractivity contribution is 8.00. The molecule has 0 aliphatic rings. The monoisotopic (exact) mass is 460 g/mol. The molecule has 1 amide bonds. The summed E-state index contributed by atoms with van der Waals surface area (Å²) in [6.45, 7) is 0. The number of hydrogen-bond acceptors (Lipinski definition) is 4. The van der Waals surface area contributed by atoms with Crippen molar-refractivity contribution in [2.75, 3.05) is 5.32 Å². The van der Waals surface area contributed by atoms with Crippen LogP contribution in [0.25, 0.3) is 0 Å². The van der Waals surface area contributed by atoms with E-state index >= 15 is 0 Å². The molecule has 9 heteroatoms. The minimum Gasteiger partial charge on any atom is -0.326 e. The maximum atomic E-state index is 13.2. The summed E-state index contributed by atoms with van der Waals surface area (Å²) in [7, 11) is 0. The van der Waals surface area contributed by atoms with Crippen LogP contribution < -0.4 is 5.32 Å². The summed E-state index contributed by atoms with van der Waals surface area (Å²) in [6.07, 6.45) is 0.119. The van der Waals surface area contributed by atoms with Crippen LogP contribution in [0, 0.1) is 5.82 Å². The Morgan fingerprint density at radius 1 is 1.15 bits per heavy atom. The second-order valence-electron chi connectivity index (χ2n) is 5.48. The van der Waals surface area contributed by atoms with Gasteiger partial charge in [0, 0.05) is 26.9 Å². The Hall–Kier alpha value is -1.31. The van der Waals surface area contributed by atoms with Crippen molar-refractivity contribution in [2.45, 2.75) is 16.5 Å². The minimum atomic E-state index is -0.531. The predicted molar refractivity (Wildman–Crippen MR) is 112 cm³/mol. The first-order chi connectivity index (χ1) is 12.9. The lowest BCUT2D eigenvalue weighted by Crippen LogP contribution is -2.14. The molecular formula is C18H12Cl3FN2OS2. The van der Waals surface area contributed by atoms with Crippen molar-refractivity contribution in [3.8, 4) is 0 Å². The van der Waals surface area contributed by atoms with Crippen molar-refractivity contribution in [3.05, 3.63) is 73.9 Å². The number of nitrogens with zero attached hydrogens (tertiary/aromatic N) is 1. The first-order valence-electron chi connectivity index (χ1n) is 7.67. The zero-order valence-corrected chi connectivity index (χ0v) is 17.5. The van der Waals surface area contributed by atoms with Crippen LogP contribution in [0.3, 0.4) is 0 Å². The third-order valence-corrected chi connectivity index (χ3v) is 6.44. The Morgan fingerprint density at radius 3 is 2.70 bits per heavy atom. The Labute approximate surface area is 178 Å². The van der Waals surface area contributed by atoms with E-state index in [1.807, 2.05) is 11.4 Å². The smallest absolute Gasteiger partial charge is 0.230 e. The van der Waals surface area contributed by atoms with Gasteiger partial charge in [-0.25, -0.2) is 9.37 Å². The zero-order chi connectivity index (χ0) is 19.4. The van der Waals surface area contributed by atoms with Crippen LogP contribution in [0.15, 0.2) is 46.1 Å². The van der Waals surface area contributed by atoms with Gasteiger partial charge in [0.15, 0.2) is 0 Å². The molecule has 0 saturated carbocycles. The van der Waals surface area contributed by atoms with E-state index in [0.717, 1.165) is 9.90 Å². The topological polar surface area (TPSA) is 42.0 Å². The number of thioether (sulfide) groups is 1. The van der Waals surface area contributed by atoms with E-state index in [4.69, 9.17) is 34.8 Å². The molecule has 3 nitrogen and oxygen atoms in total. The molecule has 0 bridgehead atoms. The standard InChI is InChI=1S/C18H12Cl3FN2OS2/c19-11-2-1-10(14(20)5-11)8-26-18-24-13(9-27-18)7-17(25)23-12-3-4-16(22)15(21)6-12/h1-6,9H,7-8H2,(H,23,25). The fourth-order valence-corrected chi connectivity index (χ4v) is 4.74. The Balaban J connectivity index is 1.55. The molecule has 0 radical (unpaired) electrons. The number of rotatable bonds is 6. The van der Waals surface area contributed by atoms with Crippen LogP contribution in [-0.4, -0.2) is 10.9 Å². The molecule has 0 fully saturated rings. The minimum absolute atomic E-state index is 0.0407. The number of benzene rings is 2. The van der Waals surface area contributed by atoms with Crippen molar-refractivity contribution >= 4 is 69.5 Å². The number of amides is 1. The first-order valence-corrected chi connectivity index (χ1v) is 10.7. The summed E-state index contributed by atoms with van der Waals surface area (Å²) in [6, 6.07) is 9.41. The van der Waals surface area contributed by atoms with Gasteiger partial charge >= 0.3 is 0 Å².